The van der Waals surface area contributed by atoms with E-state index < -0.39 is 5.91 Å². The molecule has 1 amide bonds. The number of nitrogens with one attached hydrogen (secondary N) is 1. The number of hydrogen-bond acceptors (Lipinski definition) is 4. The summed E-state index contributed by atoms with van der Waals surface area (Å²) in [5, 5.41) is 22.1. The summed E-state index contributed by atoms with van der Waals surface area (Å²) < 4.78 is 5.02. The summed E-state index contributed by atoms with van der Waals surface area (Å²) >= 11 is 0. The molecule has 1 atom stereocenters. The van der Waals surface area contributed by atoms with Gasteiger partial charge >= 0.3 is 0 Å². The normalized spacial score (nSPS) is 12.1. The van der Waals surface area contributed by atoms with E-state index in [1.54, 1.807) is 18.2 Å². The minimum Gasteiger partial charge on any atom is -0.504 e. The third-order valence-electron chi connectivity index (χ3n) is 3.56. The first-order valence-corrected chi connectivity index (χ1v) is 7.40. The van der Waals surface area contributed by atoms with E-state index in [1.165, 1.54) is 13.2 Å². The first-order valence-electron chi connectivity index (χ1n) is 7.40. The van der Waals surface area contributed by atoms with E-state index in [1.807, 2.05) is 43.3 Å². The van der Waals surface area contributed by atoms with Crippen LogP contribution < -0.4 is 10.1 Å². The highest BCUT2D eigenvalue weighted by Gasteiger charge is 2.15. The summed E-state index contributed by atoms with van der Waals surface area (Å²) in [6.45, 7) is 1.84. The average molecular weight is 322 g/mol. The van der Waals surface area contributed by atoms with Gasteiger partial charge < -0.3 is 15.2 Å². The molecule has 5 heteroatoms. The first-order chi connectivity index (χ1) is 11.6. The molecule has 0 aliphatic carbocycles. The van der Waals surface area contributed by atoms with Gasteiger partial charge in [0, 0.05) is 5.56 Å². The Morgan fingerprint density at radius 1 is 1.25 bits per heavy atom. The van der Waals surface area contributed by atoms with Crippen LogP contribution in [0.4, 0.5) is 0 Å². The highest BCUT2D eigenvalue weighted by molar-refractivity contribution is 6.02. The van der Waals surface area contributed by atoms with Gasteiger partial charge in [-0.3, -0.25) is 4.79 Å². The lowest BCUT2D eigenvalue weighted by molar-refractivity contribution is -0.117. The predicted octanol–water partition coefficient (Wildman–Crippen LogP) is 3.19. The number of amides is 1. The number of para-hydroxylation sites is 1. The van der Waals surface area contributed by atoms with Crippen LogP contribution in [-0.4, -0.2) is 18.1 Å². The zero-order valence-electron chi connectivity index (χ0n) is 13.5. The van der Waals surface area contributed by atoms with Crippen LogP contribution in [-0.2, 0) is 4.79 Å². The summed E-state index contributed by atoms with van der Waals surface area (Å²) in [5.74, 6) is -0.341. The summed E-state index contributed by atoms with van der Waals surface area (Å²) in [4.78, 5) is 12.3. The molecular formula is C19H18N2O3. The van der Waals surface area contributed by atoms with Crippen molar-refractivity contribution in [3.8, 4) is 17.6 Å². The highest BCUT2D eigenvalue weighted by Crippen LogP contribution is 2.30. The van der Waals surface area contributed by atoms with Gasteiger partial charge in [0.1, 0.15) is 11.6 Å². The highest BCUT2D eigenvalue weighted by atomic mass is 16.5. The number of carbonyl (C=O) groups is 1. The lowest BCUT2D eigenvalue weighted by Gasteiger charge is -2.14. The third kappa shape index (κ3) is 3.93. The van der Waals surface area contributed by atoms with Crippen molar-refractivity contribution in [2.45, 2.75) is 13.0 Å². The summed E-state index contributed by atoms with van der Waals surface area (Å²) in [5.41, 5.74) is 1.18. The van der Waals surface area contributed by atoms with Gasteiger partial charge in [0.25, 0.3) is 5.91 Å². The number of carbonyl (C=O) groups excluding carboxylic acids is 1. The minimum atomic E-state index is -0.504. The number of rotatable bonds is 5. The lowest BCUT2D eigenvalue weighted by Crippen LogP contribution is -2.27. The number of phenols is 1. The Kier molecular flexibility index (Phi) is 5.58. The first kappa shape index (κ1) is 17.1. The molecule has 2 rings (SSSR count). The van der Waals surface area contributed by atoms with E-state index in [4.69, 9.17) is 4.74 Å². The van der Waals surface area contributed by atoms with Crippen LogP contribution in [0.25, 0.3) is 6.08 Å². The molecule has 0 saturated heterocycles. The molecule has 2 N–H and O–H groups in total. The molecule has 122 valence electrons. The largest absolute Gasteiger partial charge is 0.504 e. The molecular weight excluding hydrogens is 304 g/mol. The van der Waals surface area contributed by atoms with E-state index in [2.05, 4.69) is 5.32 Å². The predicted molar refractivity (Wildman–Crippen MR) is 91.2 cm³/mol. The van der Waals surface area contributed by atoms with E-state index >= 15 is 0 Å². The molecule has 5 nitrogen and oxygen atoms in total. The average Bonchev–Trinajstić information content (AvgIpc) is 2.61. The van der Waals surface area contributed by atoms with E-state index in [9.17, 15) is 15.2 Å². The van der Waals surface area contributed by atoms with Gasteiger partial charge in [-0.25, -0.2) is 0 Å². The molecule has 0 spiro atoms. The molecule has 24 heavy (non-hydrogen) atoms. The Balaban J connectivity index is 2.22. The number of aromatic hydroxyl groups is 1. The van der Waals surface area contributed by atoms with Crippen molar-refractivity contribution in [2.24, 2.45) is 0 Å². The van der Waals surface area contributed by atoms with Crippen LogP contribution in [0.15, 0.2) is 54.1 Å². The SMILES string of the molecule is COc1cccc(/C=C(\C#N)C(=O)N[C@@H](C)c2ccccc2)c1O. The molecule has 0 aliphatic rings. The fourth-order valence-electron chi connectivity index (χ4n) is 2.22. The van der Waals surface area contributed by atoms with Gasteiger partial charge in [-0.2, -0.15) is 5.26 Å². The van der Waals surface area contributed by atoms with Gasteiger partial charge in [-0.15, -0.1) is 0 Å². The van der Waals surface area contributed by atoms with Crippen molar-refractivity contribution < 1.29 is 14.6 Å². The second-order valence-electron chi connectivity index (χ2n) is 5.17. The fraction of sp³-hybridized carbons (Fsp3) is 0.158. The Bertz CT molecular complexity index is 792. The molecule has 2 aromatic rings. The van der Waals surface area contributed by atoms with Crippen LogP contribution in [0.5, 0.6) is 11.5 Å². The maximum absolute atomic E-state index is 12.3. The Morgan fingerprint density at radius 3 is 2.58 bits per heavy atom. The molecule has 0 saturated carbocycles. The minimum absolute atomic E-state index is 0.0960. The number of nitriles is 1. The molecule has 0 aromatic heterocycles. The molecule has 0 heterocycles. The molecule has 0 fully saturated rings. The zero-order chi connectivity index (χ0) is 17.5. The Morgan fingerprint density at radius 2 is 1.96 bits per heavy atom. The summed E-state index contributed by atoms with van der Waals surface area (Å²) in [7, 11) is 1.43. The van der Waals surface area contributed by atoms with Crippen molar-refractivity contribution in [3.05, 3.63) is 65.2 Å². The number of ether oxygens (including phenoxy) is 1. The lowest BCUT2D eigenvalue weighted by atomic mass is 10.1. The van der Waals surface area contributed by atoms with Crippen LogP contribution in [0, 0.1) is 11.3 Å². The second-order valence-corrected chi connectivity index (χ2v) is 5.17. The molecule has 2 aromatic carbocycles. The van der Waals surface area contributed by atoms with Crippen molar-refractivity contribution in [2.75, 3.05) is 7.11 Å². The van der Waals surface area contributed by atoms with E-state index in [0.29, 0.717) is 5.56 Å². The number of phenolic OH excluding ortho intramolecular Hbond substituents is 1. The second kappa shape index (κ2) is 7.84. The van der Waals surface area contributed by atoms with Crippen LogP contribution in [0.1, 0.15) is 24.1 Å². The van der Waals surface area contributed by atoms with E-state index in [-0.39, 0.29) is 23.1 Å². The molecule has 0 bridgehead atoms. The van der Waals surface area contributed by atoms with Crippen molar-refractivity contribution in [1.29, 1.82) is 5.26 Å². The topological polar surface area (TPSA) is 82.3 Å². The Labute approximate surface area is 140 Å². The zero-order valence-corrected chi connectivity index (χ0v) is 13.5. The van der Waals surface area contributed by atoms with Gasteiger partial charge in [0.2, 0.25) is 0 Å². The quantitative estimate of drug-likeness (QED) is 0.654. The monoisotopic (exact) mass is 322 g/mol. The van der Waals surface area contributed by atoms with E-state index in [0.717, 1.165) is 5.56 Å². The van der Waals surface area contributed by atoms with Crippen LogP contribution in [0.2, 0.25) is 0 Å². The van der Waals surface area contributed by atoms with Gasteiger partial charge in [-0.05, 0) is 24.6 Å². The summed E-state index contributed by atoms with van der Waals surface area (Å²) in [6.07, 6.45) is 1.34. The van der Waals surface area contributed by atoms with Gasteiger partial charge in [0.05, 0.1) is 13.2 Å². The van der Waals surface area contributed by atoms with Crippen molar-refractivity contribution in [1.82, 2.24) is 5.32 Å². The fourth-order valence-corrected chi connectivity index (χ4v) is 2.22. The van der Waals surface area contributed by atoms with Crippen molar-refractivity contribution >= 4 is 12.0 Å². The molecule has 0 radical (unpaired) electrons. The number of benzene rings is 2. The van der Waals surface area contributed by atoms with Crippen LogP contribution in [0.3, 0.4) is 0 Å². The Hall–Kier alpha value is -3.26. The smallest absolute Gasteiger partial charge is 0.262 e. The van der Waals surface area contributed by atoms with Gasteiger partial charge in [-0.1, -0.05) is 42.5 Å². The van der Waals surface area contributed by atoms with Crippen LogP contribution >= 0.6 is 0 Å². The maximum atomic E-state index is 12.3. The molecule has 0 aliphatic heterocycles. The summed E-state index contributed by atoms with van der Waals surface area (Å²) in [6, 6.07) is 15.9. The molecule has 0 unspecified atom stereocenters. The number of nitrogens with zero attached hydrogens (tertiary/aromatic N) is 1. The maximum Gasteiger partial charge on any atom is 0.262 e. The van der Waals surface area contributed by atoms with Gasteiger partial charge in [0.15, 0.2) is 11.5 Å². The number of methoxy groups -OCH3 is 1. The third-order valence-corrected chi connectivity index (χ3v) is 3.56. The number of hydrogen-bond donors (Lipinski definition) is 2. The standard InChI is InChI=1S/C19H18N2O3/c1-13(14-7-4-3-5-8-14)21-19(23)16(12-20)11-15-9-6-10-17(24-2)18(15)22/h3-11,13,22H,1-2H3,(H,21,23)/b16-11+/t13-/m0/s1. The van der Waals surface area contributed by atoms with Crippen molar-refractivity contribution in [3.63, 3.8) is 0 Å².